The summed E-state index contributed by atoms with van der Waals surface area (Å²) in [7, 11) is 0. The second-order valence-corrected chi connectivity index (χ2v) is 6.14. The lowest BCUT2D eigenvalue weighted by molar-refractivity contribution is 0.557. The minimum atomic E-state index is -0.0380. The largest absolute Gasteiger partial charge is 0.330 e. The van der Waals surface area contributed by atoms with Gasteiger partial charge in [0.1, 0.15) is 0 Å². The second kappa shape index (κ2) is 5.44. The van der Waals surface area contributed by atoms with Gasteiger partial charge in [0.25, 0.3) is 5.56 Å². The van der Waals surface area contributed by atoms with Crippen LogP contribution in [0.15, 0.2) is 46.3 Å². The molecule has 0 aliphatic rings. The molecule has 0 fully saturated rings. The van der Waals surface area contributed by atoms with Gasteiger partial charge in [0.15, 0.2) is 0 Å². The molecule has 108 valence electrons. The van der Waals surface area contributed by atoms with Crippen LogP contribution in [0.4, 0.5) is 0 Å². The van der Waals surface area contributed by atoms with Crippen LogP contribution in [0.3, 0.4) is 0 Å². The molecular formula is C15H15BrN4O. The Hall–Kier alpha value is -1.95. The molecule has 0 saturated heterocycles. The smallest absolute Gasteiger partial charge is 0.261 e. The van der Waals surface area contributed by atoms with Crippen LogP contribution in [0.2, 0.25) is 0 Å². The highest BCUT2D eigenvalue weighted by molar-refractivity contribution is 9.10. The van der Waals surface area contributed by atoms with Crippen molar-refractivity contribution in [2.24, 2.45) is 0 Å². The molecule has 0 radical (unpaired) electrons. The lowest BCUT2D eigenvalue weighted by Crippen LogP contribution is -2.22. The number of imidazole rings is 1. The van der Waals surface area contributed by atoms with Crippen molar-refractivity contribution in [3.05, 3.63) is 57.6 Å². The molecule has 0 aliphatic heterocycles. The summed E-state index contributed by atoms with van der Waals surface area (Å²) in [6.07, 6.45) is 5.17. The fourth-order valence-corrected chi connectivity index (χ4v) is 2.69. The molecule has 0 spiro atoms. The molecule has 0 bridgehead atoms. The molecule has 0 amide bonds. The van der Waals surface area contributed by atoms with Gasteiger partial charge in [-0.3, -0.25) is 9.36 Å². The van der Waals surface area contributed by atoms with Crippen molar-refractivity contribution in [2.75, 3.05) is 0 Å². The Labute approximate surface area is 130 Å². The van der Waals surface area contributed by atoms with Crippen molar-refractivity contribution in [3.63, 3.8) is 0 Å². The minimum Gasteiger partial charge on any atom is -0.330 e. The van der Waals surface area contributed by atoms with Crippen molar-refractivity contribution in [1.82, 2.24) is 19.1 Å². The molecule has 0 saturated carbocycles. The van der Waals surface area contributed by atoms with Crippen molar-refractivity contribution >= 4 is 26.8 Å². The number of benzene rings is 1. The predicted octanol–water partition coefficient (Wildman–Crippen LogP) is 2.98. The third-order valence-electron chi connectivity index (χ3n) is 3.42. The summed E-state index contributed by atoms with van der Waals surface area (Å²) in [6.45, 7) is 4.64. The van der Waals surface area contributed by atoms with Crippen LogP contribution in [0.25, 0.3) is 10.9 Å². The lowest BCUT2D eigenvalue weighted by atomic mass is 10.2. The SMILES string of the molecule is CC(C)n1cncc1Cn1cnc2cc(Br)ccc2c1=O. The van der Waals surface area contributed by atoms with Crippen LogP contribution >= 0.6 is 15.9 Å². The Bertz CT molecular complexity index is 850. The van der Waals surface area contributed by atoms with Crippen molar-refractivity contribution in [1.29, 1.82) is 0 Å². The molecule has 0 atom stereocenters. The van der Waals surface area contributed by atoms with Crippen molar-refractivity contribution in [3.8, 4) is 0 Å². The monoisotopic (exact) mass is 346 g/mol. The van der Waals surface area contributed by atoms with E-state index in [4.69, 9.17) is 0 Å². The third kappa shape index (κ3) is 2.63. The van der Waals surface area contributed by atoms with Gasteiger partial charge in [-0.05, 0) is 32.0 Å². The first-order valence-electron chi connectivity index (χ1n) is 6.71. The lowest BCUT2D eigenvalue weighted by Gasteiger charge is -2.13. The predicted molar refractivity (Wildman–Crippen MR) is 85.4 cm³/mol. The Morgan fingerprint density at radius 3 is 2.86 bits per heavy atom. The van der Waals surface area contributed by atoms with Gasteiger partial charge in [-0.1, -0.05) is 15.9 Å². The number of hydrogen-bond acceptors (Lipinski definition) is 3. The van der Waals surface area contributed by atoms with Crippen LogP contribution in [-0.4, -0.2) is 19.1 Å². The molecule has 2 aromatic heterocycles. The first-order valence-corrected chi connectivity index (χ1v) is 7.51. The molecular weight excluding hydrogens is 332 g/mol. The van der Waals surface area contributed by atoms with Gasteiger partial charge in [0.2, 0.25) is 0 Å². The molecule has 1 aromatic carbocycles. The second-order valence-electron chi connectivity index (χ2n) is 5.23. The highest BCUT2D eigenvalue weighted by Gasteiger charge is 2.09. The van der Waals surface area contributed by atoms with Crippen LogP contribution in [0.1, 0.15) is 25.6 Å². The van der Waals surface area contributed by atoms with Gasteiger partial charge in [0.05, 0.1) is 35.8 Å². The van der Waals surface area contributed by atoms with E-state index < -0.39 is 0 Å². The molecule has 3 rings (SSSR count). The Morgan fingerprint density at radius 1 is 1.29 bits per heavy atom. The fourth-order valence-electron chi connectivity index (χ4n) is 2.34. The van der Waals surface area contributed by atoms with Gasteiger partial charge in [-0.2, -0.15) is 0 Å². The maximum Gasteiger partial charge on any atom is 0.261 e. The zero-order valence-corrected chi connectivity index (χ0v) is 13.4. The van der Waals surface area contributed by atoms with E-state index in [1.54, 1.807) is 29.5 Å². The number of fused-ring (bicyclic) bond motifs is 1. The molecule has 0 unspecified atom stereocenters. The molecule has 0 N–H and O–H groups in total. The van der Waals surface area contributed by atoms with E-state index in [0.717, 1.165) is 10.2 Å². The summed E-state index contributed by atoms with van der Waals surface area (Å²) < 4.78 is 4.59. The number of nitrogens with zero attached hydrogens (tertiary/aromatic N) is 4. The van der Waals surface area contributed by atoms with Crippen molar-refractivity contribution in [2.45, 2.75) is 26.4 Å². The van der Waals surface area contributed by atoms with Gasteiger partial charge in [0, 0.05) is 16.7 Å². The number of halogens is 1. The fraction of sp³-hybridized carbons (Fsp3) is 0.267. The summed E-state index contributed by atoms with van der Waals surface area (Å²) in [5.74, 6) is 0. The molecule has 21 heavy (non-hydrogen) atoms. The van der Waals surface area contributed by atoms with E-state index in [0.29, 0.717) is 23.5 Å². The first-order chi connectivity index (χ1) is 10.1. The van der Waals surface area contributed by atoms with Gasteiger partial charge < -0.3 is 4.57 Å². The zero-order chi connectivity index (χ0) is 15.0. The van der Waals surface area contributed by atoms with Gasteiger partial charge >= 0.3 is 0 Å². The van der Waals surface area contributed by atoms with E-state index in [2.05, 4.69) is 44.3 Å². The van der Waals surface area contributed by atoms with Crippen LogP contribution < -0.4 is 5.56 Å². The summed E-state index contributed by atoms with van der Waals surface area (Å²) in [5, 5.41) is 0.622. The Balaban J connectivity index is 2.05. The first kappa shape index (κ1) is 14.0. The molecule has 2 heterocycles. The van der Waals surface area contributed by atoms with Crippen LogP contribution in [0.5, 0.6) is 0 Å². The standard InChI is InChI=1S/C15H15BrN4O/c1-10(2)20-8-17-6-12(20)7-19-9-18-14-5-11(16)3-4-13(14)15(19)21/h3-6,8-10H,7H2,1-2H3. The van der Waals surface area contributed by atoms with Crippen molar-refractivity contribution < 1.29 is 0 Å². The van der Waals surface area contributed by atoms with Gasteiger partial charge in [-0.15, -0.1) is 0 Å². The van der Waals surface area contributed by atoms with Gasteiger partial charge in [-0.25, -0.2) is 9.97 Å². The maximum absolute atomic E-state index is 12.5. The van der Waals surface area contributed by atoms with Crippen LogP contribution in [-0.2, 0) is 6.54 Å². The quantitative estimate of drug-likeness (QED) is 0.732. The van der Waals surface area contributed by atoms with E-state index in [-0.39, 0.29) is 5.56 Å². The molecule has 3 aromatic rings. The highest BCUT2D eigenvalue weighted by Crippen LogP contribution is 2.15. The molecule has 6 heteroatoms. The summed E-state index contributed by atoms with van der Waals surface area (Å²) in [5.41, 5.74) is 1.65. The maximum atomic E-state index is 12.5. The zero-order valence-electron chi connectivity index (χ0n) is 11.8. The Kier molecular flexibility index (Phi) is 3.63. The summed E-state index contributed by atoms with van der Waals surface area (Å²) in [4.78, 5) is 21.1. The number of hydrogen-bond donors (Lipinski definition) is 0. The Morgan fingerprint density at radius 2 is 2.10 bits per heavy atom. The summed E-state index contributed by atoms with van der Waals surface area (Å²) >= 11 is 3.39. The number of aromatic nitrogens is 4. The topological polar surface area (TPSA) is 52.7 Å². The average molecular weight is 347 g/mol. The van der Waals surface area contributed by atoms with Crippen LogP contribution in [0, 0.1) is 0 Å². The minimum absolute atomic E-state index is 0.0380. The highest BCUT2D eigenvalue weighted by atomic mass is 79.9. The average Bonchev–Trinajstić information content (AvgIpc) is 2.90. The van der Waals surface area contributed by atoms with E-state index in [1.807, 2.05) is 12.1 Å². The van der Waals surface area contributed by atoms with E-state index in [9.17, 15) is 4.79 Å². The molecule has 5 nitrogen and oxygen atoms in total. The third-order valence-corrected chi connectivity index (χ3v) is 3.92. The molecule has 0 aliphatic carbocycles. The van der Waals surface area contributed by atoms with E-state index >= 15 is 0 Å². The summed E-state index contributed by atoms with van der Waals surface area (Å²) in [6, 6.07) is 5.81. The number of rotatable bonds is 3. The van der Waals surface area contributed by atoms with E-state index in [1.165, 1.54) is 0 Å². The normalized spacial score (nSPS) is 11.4.